The number of amides is 1. The van der Waals surface area contributed by atoms with Crippen molar-refractivity contribution in [2.75, 3.05) is 25.1 Å². The van der Waals surface area contributed by atoms with Crippen molar-refractivity contribution in [1.82, 2.24) is 5.32 Å². The van der Waals surface area contributed by atoms with Crippen LogP contribution in [0.5, 0.6) is 0 Å². The van der Waals surface area contributed by atoms with Gasteiger partial charge in [-0.05, 0) is 43.7 Å². The van der Waals surface area contributed by atoms with Crippen molar-refractivity contribution in [3.05, 3.63) is 30.1 Å². The zero-order chi connectivity index (χ0) is 13.5. The Morgan fingerprint density at radius 1 is 1.37 bits per heavy atom. The van der Waals surface area contributed by atoms with Crippen LogP contribution in [0.2, 0.25) is 0 Å². The first-order valence-corrected chi connectivity index (χ1v) is 6.60. The maximum Gasteiger partial charge on any atom is 0.250 e. The molecule has 1 aromatic carbocycles. The Bertz CT molecular complexity index is 402. The second-order valence-electron chi connectivity index (χ2n) is 4.72. The third kappa shape index (κ3) is 4.96. The van der Waals surface area contributed by atoms with Crippen molar-refractivity contribution < 1.29 is 13.9 Å². The van der Waals surface area contributed by atoms with Gasteiger partial charge in [-0.2, -0.15) is 0 Å². The lowest BCUT2D eigenvalue weighted by molar-refractivity contribution is -0.120. The Hall–Kier alpha value is -1.46. The monoisotopic (exact) mass is 266 g/mol. The van der Waals surface area contributed by atoms with Gasteiger partial charge in [-0.25, -0.2) is 4.39 Å². The molecule has 0 spiro atoms. The molecule has 1 saturated heterocycles. The quantitative estimate of drug-likeness (QED) is 0.856. The average molecular weight is 266 g/mol. The summed E-state index contributed by atoms with van der Waals surface area (Å²) in [6.07, 6.45) is 3.52. The van der Waals surface area contributed by atoms with Crippen LogP contribution in [0.15, 0.2) is 24.3 Å². The first-order chi connectivity index (χ1) is 9.24. The number of carbonyl (C=O) groups is 1. The molecule has 1 heterocycles. The van der Waals surface area contributed by atoms with Crippen molar-refractivity contribution in [2.24, 2.45) is 0 Å². The SMILES string of the molecule is O=C(COCC1CCCCN1)Nc1ccc(F)cc1. The molecule has 0 radical (unpaired) electrons. The fraction of sp³-hybridized carbons (Fsp3) is 0.500. The Labute approximate surface area is 112 Å². The minimum absolute atomic E-state index is 0.0234. The Kier molecular flexibility index (Phi) is 5.30. The average Bonchev–Trinajstić information content (AvgIpc) is 2.43. The molecule has 1 aliphatic rings. The highest BCUT2D eigenvalue weighted by molar-refractivity contribution is 5.91. The maximum atomic E-state index is 12.7. The van der Waals surface area contributed by atoms with Crippen molar-refractivity contribution in [3.63, 3.8) is 0 Å². The molecule has 1 aliphatic heterocycles. The first kappa shape index (κ1) is 14.0. The van der Waals surface area contributed by atoms with E-state index in [1.165, 1.54) is 37.1 Å². The fourth-order valence-corrected chi connectivity index (χ4v) is 2.09. The number of hydrogen-bond acceptors (Lipinski definition) is 3. The zero-order valence-electron chi connectivity index (χ0n) is 10.8. The van der Waals surface area contributed by atoms with Gasteiger partial charge < -0.3 is 15.4 Å². The topological polar surface area (TPSA) is 50.4 Å². The van der Waals surface area contributed by atoms with Gasteiger partial charge in [0.2, 0.25) is 5.91 Å². The van der Waals surface area contributed by atoms with E-state index in [0.29, 0.717) is 18.3 Å². The number of anilines is 1. The van der Waals surface area contributed by atoms with Gasteiger partial charge in [-0.15, -0.1) is 0 Å². The van der Waals surface area contributed by atoms with Crippen LogP contribution in [0.4, 0.5) is 10.1 Å². The summed E-state index contributed by atoms with van der Waals surface area (Å²) in [5.74, 6) is -0.542. The number of halogens is 1. The van der Waals surface area contributed by atoms with E-state index in [9.17, 15) is 9.18 Å². The minimum atomic E-state index is -0.322. The number of carbonyl (C=O) groups excluding carboxylic acids is 1. The molecule has 1 atom stereocenters. The second kappa shape index (κ2) is 7.21. The van der Waals surface area contributed by atoms with Gasteiger partial charge in [0.05, 0.1) is 6.61 Å². The molecule has 1 fully saturated rings. The van der Waals surface area contributed by atoms with Crippen molar-refractivity contribution in [2.45, 2.75) is 25.3 Å². The summed E-state index contributed by atoms with van der Waals surface area (Å²) in [7, 11) is 0. The van der Waals surface area contributed by atoms with E-state index < -0.39 is 0 Å². The van der Waals surface area contributed by atoms with E-state index >= 15 is 0 Å². The highest BCUT2D eigenvalue weighted by Crippen LogP contribution is 2.09. The molecule has 5 heteroatoms. The fourth-order valence-electron chi connectivity index (χ4n) is 2.09. The lowest BCUT2D eigenvalue weighted by Crippen LogP contribution is -2.38. The van der Waals surface area contributed by atoms with Crippen LogP contribution in [0.3, 0.4) is 0 Å². The third-order valence-electron chi connectivity index (χ3n) is 3.09. The molecular weight excluding hydrogens is 247 g/mol. The van der Waals surface area contributed by atoms with Crippen LogP contribution in [-0.4, -0.2) is 31.7 Å². The molecule has 0 aromatic heterocycles. The Morgan fingerprint density at radius 3 is 2.84 bits per heavy atom. The largest absolute Gasteiger partial charge is 0.370 e. The summed E-state index contributed by atoms with van der Waals surface area (Å²) in [5, 5.41) is 6.01. The number of nitrogens with one attached hydrogen (secondary N) is 2. The van der Waals surface area contributed by atoms with Gasteiger partial charge in [0.1, 0.15) is 12.4 Å². The normalized spacial score (nSPS) is 19.1. The highest BCUT2D eigenvalue weighted by atomic mass is 19.1. The summed E-state index contributed by atoms with van der Waals surface area (Å²) in [6.45, 7) is 1.60. The first-order valence-electron chi connectivity index (χ1n) is 6.60. The van der Waals surface area contributed by atoms with Gasteiger partial charge in [-0.3, -0.25) is 4.79 Å². The van der Waals surface area contributed by atoms with Gasteiger partial charge in [0.25, 0.3) is 0 Å². The summed E-state index contributed by atoms with van der Waals surface area (Å²) in [6, 6.07) is 6.02. The molecular formula is C14H19FN2O2. The number of hydrogen-bond donors (Lipinski definition) is 2. The molecule has 1 unspecified atom stereocenters. The third-order valence-corrected chi connectivity index (χ3v) is 3.09. The van der Waals surface area contributed by atoms with E-state index in [1.54, 1.807) is 0 Å². The van der Waals surface area contributed by atoms with Gasteiger partial charge in [0, 0.05) is 11.7 Å². The van der Waals surface area contributed by atoms with Gasteiger partial charge in [-0.1, -0.05) is 6.42 Å². The van der Waals surface area contributed by atoms with Crippen molar-refractivity contribution in [3.8, 4) is 0 Å². The van der Waals surface area contributed by atoms with Crippen LogP contribution in [-0.2, 0) is 9.53 Å². The minimum Gasteiger partial charge on any atom is -0.370 e. The van der Waals surface area contributed by atoms with Crippen molar-refractivity contribution >= 4 is 11.6 Å². The predicted molar refractivity (Wildman–Crippen MR) is 71.5 cm³/mol. The van der Waals surface area contributed by atoms with E-state index in [-0.39, 0.29) is 18.3 Å². The Morgan fingerprint density at radius 2 is 2.16 bits per heavy atom. The molecule has 0 bridgehead atoms. The number of rotatable bonds is 5. The van der Waals surface area contributed by atoms with Crippen LogP contribution in [0.1, 0.15) is 19.3 Å². The lowest BCUT2D eigenvalue weighted by Gasteiger charge is -2.22. The maximum absolute atomic E-state index is 12.7. The van der Waals surface area contributed by atoms with Gasteiger partial charge in [0.15, 0.2) is 0 Å². The number of piperidine rings is 1. The van der Waals surface area contributed by atoms with E-state index in [4.69, 9.17) is 4.74 Å². The smallest absolute Gasteiger partial charge is 0.250 e. The van der Waals surface area contributed by atoms with E-state index in [0.717, 1.165) is 13.0 Å². The summed E-state index contributed by atoms with van der Waals surface area (Å²) in [4.78, 5) is 11.6. The molecule has 104 valence electrons. The van der Waals surface area contributed by atoms with Crippen LogP contribution in [0, 0.1) is 5.82 Å². The van der Waals surface area contributed by atoms with E-state index in [2.05, 4.69) is 10.6 Å². The molecule has 1 amide bonds. The Balaban J connectivity index is 1.65. The van der Waals surface area contributed by atoms with Gasteiger partial charge >= 0.3 is 0 Å². The molecule has 4 nitrogen and oxygen atoms in total. The standard InChI is InChI=1S/C14H19FN2O2/c15-11-4-6-12(7-5-11)17-14(18)10-19-9-13-3-1-2-8-16-13/h4-7,13,16H,1-3,8-10H2,(H,17,18). The number of ether oxygens (including phenoxy) is 1. The zero-order valence-corrected chi connectivity index (χ0v) is 10.8. The van der Waals surface area contributed by atoms with Crippen molar-refractivity contribution in [1.29, 1.82) is 0 Å². The molecule has 2 rings (SSSR count). The predicted octanol–water partition coefficient (Wildman–Crippen LogP) is 1.92. The lowest BCUT2D eigenvalue weighted by atomic mass is 10.1. The molecule has 19 heavy (non-hydrogen) atoms. The summed E-state index contributed by atoms with van der Waals surface area (Å²) >= 11 is 0. The molecule has 1 aromatic rings. The molecule has 0 aliphatic carbocycles. The summed E-state index contributed by atoms with van der Waals surface area (Å²) in [5.41, 5.74) is 0.575. The van der Waals surface area contributed by atoms with Crippen LogP contribution >= 0.6 is 0 Å². The number of benzene rings is 1. The van der Waals surface area contributed by atoms with Crippen LogP contribution in [0.25, 0.3) is 0 Å². The van der Waals surface area contributed by atoms with Crippen LogP contribution < -0.4 is 10.6 Å². The van der Waals surface area contributed by atoms with E-state index in [1.807, 2.05) is 0 Å². The second-order valence-corrected chi connectivity index (χ2v) is 4.72. The highest BCUT2D eigenvalue weighted by Gasteiger charge is 2.13. The molecule has 0 saturated carbocycles. The summed E-state index contributed by atoms with van der Waals surface area (Å²) < 4.78 is 18.1. The molecule has 2 N–H and O–H groups in total.